The molecule has 0 amide bonds. The molecule has 0 radical (unpaired) electrons. The largest absolute Gasteiger partial charge is 0.469 e. The molecule has 44 heavy (non-hydrogen) atoms. The van der Waals surface area contributed by atoms with Gasteiger partial charge in [0.1, 0.15) is 5.82 Å². The molecule has 6 nitrogen and oxygen atoms in total. The minimum absolute atomic E-state index is 0.117. The fraction of sp³-hybridized carbons (Fsp3) is 0.622. The molecular formula is C37H50FN3O3. The first-order chi connectivity index (χ1) is 21.4. The number of carbonyl (C=O) groups is 2. The lowest BCUT2D eigenvalue weighted by atomic mass is 9.56. The van der Waals surface area contributed by atoms with Crippen LogP contribution in [-0.2, 0) is 14.9 Å². The fourth-order valence-electron chi connectivity index (χ4n) is 8.99. The third-order valence-corrected chi connectivity index (χ3v) is 11.4. The number of likely N-dealkylation sites (tertiary alicyclic amines) is 2. The van der Waals surface area contributed by atoms with Gasteiger partial charge in [0.25, 0.3) is 0 Å². The molecule has 6 rings (SSSR count). The maximum absolute atomic E-state index is 14.9. The van der Waals surface area contributed by atoms with Gasteiger partial charge in [0, 0.05) is 61.6 Å². The van der Waals surface area contributed by atoms with Crippen LogP contribution in [0.2, 0.25) is 0 Å². The molecule has 0 spiro atoms. The molecule has 2 aromatic carbocycles. The van der Waals surface area contributed by atoms with Crippen molar-refractivity contribution in [3.63, 3.8) is 0 Å². The van der Waals surface area contributed by atoms with E-state index in [9.17, 15) is 14.0 Å². The minimum Gasteiger partial charge on any atom is -0.469 e. The summed E-state index contributed by atoms with van der Waals surface area (Å²) >= 11 is 0. The Bertz CT molecular complexity index is 1280. The molecule has 4 fully saturated rings. The summed E-state index contributed by atoms with van der Waals surface area (Å²) in [6.45, 7) is 10.5. The summed E-state index contributed by atoms with van der Waals surface area (Å²) in [7, 11) is 1.49. The zero-order chi connectivity index (χ0) is 30.7. The Kier molecular flexibility index (Phi) is 9.72. The number of nitrogens with zero attached hydrogens (tertiary/aromatic N) is 3. The number of halogens is 1. The van der Waals surface area contributed by atoms with Gasteiger partial charge >= 0.3 is 5.97 Å². The highest BCUT2D eigenvalue weighted by molar-refractivity contribution is 5.96. The van der Waals surface area contributed by atoms with Crippen LogP contribution in [0.1, 0.15) is 74.2 Å². The van der Waals surface area contributed by atoms with Crippen LogP contribution in [-0.4, -0.2) is 81.0 Å². The van der Waals surface area contributed by atoms with E-state index in [-0.39, 0.29) is 28.9 Å². The monoisotopic (exact) mass is 603 g/mol. The van der Waals surface area contributed by atoms with E-state index >= 15 is 0 Å². The highest BCUT2D eigenvalue weighted by atomic mass is 19.1. The summed E-state index contributed by atoms with van der Waals surface area (Å²) < 4.78 is 20.1. The van der Waals surface area contributed by atoms with Crippen LogP contribution < -0.4 is 4.90 Å². The van der Waals surface area contributed by atoms with Crippen LogP contribution >= 0.6 is 0 Å². The van der Waals surface area contributed by atoms with Crippen LogP contribution in [0, 0.1) is 29.5 Å². The van der Waals surface area contributed by atoms with Crippen LogP contribution in [0.5, 0.6) is 0 Å². The van der Waals surface area contributed by atoms with Gasteiger partial charge in [-0.1, -0.05) is 25.5 Å². The first kappa shape index (κ1) is 31.2. The van der Waals surface area contributed by atoms with Crippen molar-refractivity contribution in [1.29, 1.82) is 0 Å². The van der Waals surface area contributed by atoms with Crippen molar-refractivity contribution in [1.82, 2.24) is 9.80 Å². The Morgan fingerprint density at radius 3 is 2.32 bits per heavy atom. The standard InChI is InChI=1S/C37H50FN3O3/c1-3-35(42)28-11-13-33(14-12-28)41-24-27(25-41)23-39-19-15-30(16-20-39)37(26-40-17-6-18-40,31-8-5-9-32(38)22-31)34-10-4-7-29(34)21-36(43)44-2/h5,8-9,11-14,22,27,29-30,34H,3-4,6-7,10,15-21,23-26H2,1-2H3/t29-,34+,37+/m1/s1. The second-order valence-electron chi connectivity index (χ2n) is 13.9. The smallest absolute Gasteiger partial charge is 0.305 e. The molecule has 3 aliphatic heterocycles. The van der Waals surface area contributed by atoms with Crippen molar-refractivity contribution in [2.24, 2.45) is 23.7 Å². The molecule has 3 saturated heterocycles. The summed E-state index contributed by atoms with van der Waals surface area (Å²) in [5.41, 5.74) is 2.99. The number of benzene rings is 2. The molecule has 2 aromatic rings. The van der Waals surface area contributed by atoms with Crippen LogP contribution in [0.25, 0.3) is 0 Å². The summed E-state index contributed by atoms with van der Waals surface area (Å²) in [4.78, 5) is 32.2. The lowest BCUT2D eigenvalue weighted by Crippen LogP contribution is -2.58. The van der Waals surface area contributed by atoms with Gasteiger partial charge in [-0.05, 0) is 118 Å². The molecule has 1 saturated carbocycles. The normalized spacial score (nSPS) is 24.8. The highest BCUT2D eigenvalue weighted by Gasteiger charge is 2.53. The van der Waals surface area contributed by atoms with Crippen LogP contribution in [0.15, 0.2) is 48.5 Å². The summed E-state index contributed by atoms with van der Waals surface area (Å²) in [6.07, 6.45) is 7.71. The Hall–Kier alpha value is -2.77. The topological polar surface area (TPSA) is 53.1 Å². The molecule has 0 N–H and O–H groups in total. The van der Waals surface area contributed by atoms with E-state index < -0.39 is 0 Å². The van der Waals surface area contributed by atoms with Gasteiger partial charge in [0.15, 0.2) is 5.78 Å². The predicted octanol–water partition coefficient (Wildman–Crippen LogP) is 6.19. The number of ether oxygens (including phenoxy) is 1. The number of hydrogen-bond donors (Lipinski definition) is 0. The molecule has 0 unspecified atom stereocenters. The Balaban J connectivity index is 1.15. The molecule has 7 heteroatoms. The van der Waals surface area contributed by atoms with Gasteiger partial charge in [-0.25, -0.2) is 4.39 Å². The quantitative estimate of drug-likeness (QED) is 0.213. The van der Waals surface area contributed by atoms with E-state index in [1.807, 2.05) is 31.2 Å². The predicted molar refractivity (Wildman–Crippen MR) is 173 cm³/mol. The Labute approximate surface area is 262 Å². The summed E-state index contributed by atoms with van der Waals surface area (Å²) in [6, 6.07) is 15.6. The minimum atomic E-state index is -0.164. The van der Waals surface area contributed by atoms with Crippen molar-refractivity contribution >= 4 is 17.4 Å². The average molecular weight is 604 g/mol. The van der Waals surface area contributed by atoms with Crippen molar-refractivity contribution < 1.29 is 18.7 Å². The molecule has 1 aliphatic carbocycles. The lowest BCUT2D eigenvalue weighted by molar-refractivity contribution is -0.142. The molecule has 3 atom stereocenters. The van der Waals surface area contributed by atoms with Gasteiger partial charge in [0.2, 0.25) is 0 Å². The van der Waals surface area contributed by atoms with E-state index in [4.69, 9.17) is 4.74 Å². The van der Waals surface area contributed by atoms with E-state index in [1.165, 1.54) is 19.2 Å². The molecular weight excluding hydrogens is 553 g/mol. The number of ketones is 1. The molecule has 4 aliphatic rings. The first-order valence-corrected chi connectivity index (χ1v) is 17.1. The number of anilines is 1. The Morgan fingerprint density at radius 2 is 1.68 bits per heavy atom. The second kappa shape index (κ2) is 13.7. The van der Waals surface area contributed by atoms with E-state index in [0.717, 1.165) is 95.6 Å². The van der Waals surface area contributed by atoms with E-state index in [0.29, 0.717) is 30.6 Å². The SMILES string of the molecule is CCC(=O)c1ccc(N2CC(CN3CCC([C@@](CN4CCC4)(c4cccc(F)c4)[C@H]4CCC[C@@H]4CC(=O)OC)CC3)C2)cc1. The summed E-state index contributed by atoms with van der Waals surface area (Å²) in [5, 5.41) is 0. The van der Waals surface area contributed by atoms with Crippen molar-refractivity contribution in [2.45, 2.75) is 63.7 Å². The van der Waals surface area contributed by atoms with Crippen LogP contribution in [0.3, 0.4) is 0 Å². The maximum Gasteiger partial charge on any atom is 0.305 e. The zero-order valence-corrected chi connectivity index (χ0v) is 26.7. The van der Waals surface area contributed by atoms with Crippen molar-refractivity contribution in [3.05, 3.63) is 65.5 Å². The van der Waals surface area contributed by atoms with Crippen molar-refractivity contribution in [3.8, 4) is 0 Å². The van der Waals surface area contributed by atoms with Gasteiger partial charge in [-0.3, -0.25) is 9.59 Å². The zero-order valence-electron chi connectivity index (χ0n) is 26.7. The first-order valence-electron chi connectivity index (χ1n) is 17.1. The number of carbonyl (C=O) groups excluding carboxylic acids is 2. The third kappa shape index (κ3) is 6.46. The lowest BCUT2D eigenvalue weighted by Gasteiger charge is -2.54. The highest BCUT2D eigenvalue weighted by Crippen LogP contribution is 2.54. The third-order valence-electron chi connectivity index (χ3n) is 11.4. The number of piperidine rings is 1. The number of methoxy groups -OCH3 is 1. The van der Waals surface area contributed by atoms with E-state index in [1.54, 1.807) is 6.07 Å². The van der Waals surface area contributed by atoms with Gasteiger partial charge in [-0.2, -0.15) is 0 Å². The molecule has 0 aromatic heterocycles. The fourth-order valence-corrected chi connectivity index (χ4v) is 8.99. The maximum atomic E-state index is 14.9. The summed E-state index contributed by atoms with van der Waals surface area (Å²) in [5.74, 6) is 1.65. The van der Waals surface area contributed by atoms with Crippen molar-refractivity contribution in [2.75, 3.05) is 64.4 Å². The molecule has 238 valence electrons. The van der Waals surface area contributed by atoms with Gasteiger partial charge in [0.05, 0.1) is 7.11 Å². The number of hydrogen-bond acceptors (Lipinski definition) is 6. The number of rotatable bonds is 12. The average Bonchev–Trinajstić information content (AvgIpc) is 3.47. The number of Topliss-reactive ketones (excluding diaryl/α,β-unsaturated/α-hetero) is 1. The Morgan fingerprint density at radius 1 is 0.932 bits per heavy atom. The van der Waals surface area contributed by atoms with E-state index in [2.05, 4.69) is 32.9 Å². The van der Waals surface area contributed by atoms with Gasteiger partial charge in [-0.15, -0.1) is 0 Å². The molecule has 3 heterocycles. The van der Waals surface area contributed by atoms with Crippen LogP contribution in [0.4, 0.5) is 10.1 Å². The van der Waals surface area contributed by atoms with Gasteiger partial charge < -0.3 is 19.4 Å². The second-order valence-corrected chi connectivity index (χ2v) is 13.9. The molecule has 0 bridgehead atoms. The number of esters is 1.